The first kappa shape index (κ1) is 22.1. The van der Waals surface area contributed by atoms with E-state index >= 15 is 0 Å². The lowest BCUT2D eigenvalue weighted by Crippen LogP contribution is -2.50. The molecule has 1 aliphatic carbocycles. The van der Waals surface area contributed by atoms with Crippen LogP contribution in [0.1, 0.15) is 63.6 Å². The van der Waals surface area contributed by atoms with Crippen LogP contribution in [0.15, 0.2) is 42.5 Å². The predicted octanol–water partition coefficient (Wildman–Crippen LogP) is 3.01. The Bertz CT molecular complexity index is 1160. The van der Waals surface area contributed by atoms with Gasteiger partial charge in [0.1, 0.15) is 5.75 Å². The van der Waals surface area contributed by atoms with Crippen molar-refractivity contribution in [2.24, 2.45) is 11.8 Å². The third-order valence-corrected chi connectivity index (χ3v) is 7.42. The highest BCUT2D eigenvalue weighted by molar-refractivity contribution is 6.21. The molecule has 1 saturated carbocycles. The van der Waals surface area contributed by atoms with Gasteiger partial charge in [-0.15, -0.1) is 0 Å². The van der Waals surface area contributed by atoms with Crippen LogP contribution in [0.4, 0.5) is 0 Å². The minimum absolute atomic E-state index is 0.00459. The quantitative estimate of drug-likeness (QED) is 0.675. The Balaban J connectivity index is 1.52. The molecule has 2 aliphatic heterocycles. The van der Waals surface area contributed by atoms with Gasteiger partial charge in [-0.05, 0) is 43.0 Å². The number of nitrogens with zero attached hydrogens (tertiary/aromatic N) is 2. The van der Waals surface area contributed by atoms with E-state index in [1.807, 2.05) is 6.07 Å². The Kier molecular flexibility index (Phi) is 5.59. The third kappa shape index (κ3) is 3.54. The minimum atomic E-state index is -0.977. The molecule has 1 fully saturated rings. The smallest absolute Gasteiger partial charge is 0.307 e. The van der Waals surface area contributed by atoms with Crippen LogP contribution in [0.25, 0.3) is 0 Å². The second kappa shape index (κ2) is 8.59. The lowest BCUT2D eigenvalue weighted by atomic mass is 9.77. The van der Waals surface area contributed by atoms with E-state index in [0.29, 0.717) is 42.5 Å². The number of phenols is 1. The number of hydrogen-bond donors (Lipinski definition) is 2. The zero-order chi connectivity index (χ0) is 24.0. The number of phenolic OH excluding ortho intramolecular Hbond substituents is 1. The van der Waals surface area contributed by atoms with Crippen LogP contribution >= 0.6 is 0 Å². The molecule has 34 heavy (non-hydrogen) atoms. The highest BCUT2D eigenvalue weighted by Gasteiger charge is 2.44. The molecule has 0 spiro atoms. The van der Waals surface area contributed by atoms with Crippen LogP contribution in [0, 0.1) is 11.8 Å². The van der Waals surface area contributed by atoms with E-state index < -0.39 is 35.7 Å². The predicted molar refractivity (Wildman–Crippen MR) is 121 cm³/mol. The summed E-state index contributed by atoms with van der Waals surface area (Å²) in [6.07, 6.45) is 2.98. The Labute approximate surface area is 196 Å². The van der Waals surface area contributed by atoms with Crippen molar-refractivity contribution in [3.05, 3.63) is 64.7 Å². The minimum Gasteiger partial charge on any atom is -0.508 e. The van der Waals surface area contributed by atoms with E-state index in [2.05, 4.69) is 0 Å². The normalized spacial score (nSPS) is 24.1. The van der Waals surface area contributed by atoms with Crippen LogP contribution in [0.3, 0.4) is 0 Å². The zero-order valence-electron chi connectivity index (χ0n) is 18.6. The van der Waals surface area contributed by atoms with Gasteiger partial charge in [-0.3, -0.25) is 24.1 Å². The van der Waals surface area contributed by atoms with Crippen molar-refractivity contribution in [2.75, 3.05) is 13.1 Å². The van der Waals surface area contributed by atoms with Crippen LogP contribution in [0.5, 0.6) is 5.75 Å². The topological polar surface area (TPSA) is 115 Å². The molecule has 0 saturated heterocycles. The number of carbonyl (C=O) groups is 4. The molecule has 2 N–H and O–H groups in total. The molecule has 2 aromatic rings. The standard InChI is InChI=1S/C26H26N2O6/c29-21-11-5-6-15-12-13-27(23(30)18-9-3-4-10-19(18)26(33)34)20(22(15)21)14-28-24(31)16-7-1-2-8-17(16)25(28)32/h1-2,5-8,11,18-20,29H,3-4,9-10,12-14H2,(H,33,34)/t18-,19+,20-/m1/s1. The van der Waals surface area contributed by atoms with E-state index in [1.165, 1.54) is 6.07 Å². The van der Waals surface area contributed by atoms with Crippen molar-refractivity contribution in [1.82, 2.24) is 9.80 Å². The summed E-state index contributed by atoms with van der Waals surface area (Å²) in [5.41, 5.74) is 2.00. The molecule has 0 aromatic heterocycles. The van der Waals surface area contributed by atoms with Gasteiger partial charge in [-0.2, -0.15) is 0 Å². The van der Waals surface area contributed by atoms with Gasteiger partial charge in [0.25, 0.3) is 11.8 Å². The zero-order valence-corrected chi connectivity index (χ0v) is 18.6. The van der Waals surface area contributed by atoms with Crippen LogP contribution in [0.2, 0.25) is 0 Å². The van der Waals surface area contributed by atoms with Crippen molar-refractivity contribution in [1.29, 1.82) is 0 Å². The molecule has 8 nitrogen and oxygen atoms in total. The van der Waals surface area contributed by atoms with Gasteiger partial charge in [-0.25, -0.2) is 0 Å². The van der Waals surface area contributed by atoms with E-state index in [-0.39, 0.29) is 18.2 Å². The monoisotopic (exact) mass is 462 g/mol. The molecule has 2 aromatic carbocycles. The van der Waals surface area contributed by atoms with Gasteiger partial charge in [0, 0.05) is 12.1 Å². The fourth-order valence-electron chi connectivity index (χ4n) is 5.72. The van der Waals surface area contributed by atoms with Gasteiger partial charge in [0.15, 0.2) is 0 Å². The fraction of sp³-hybridized carbons (Fsp3) is 0.385. The summed E-state index contributed by atoms with van der Waals surface area (Å²) in [5, 5.41) is 20.5. The highest BCUT2D eigenvalue weighted by atomic mass is 16.4. The van der Waals surface area contributed by atoms with E-state index in [0.717, 1.165) is 23.3 Å². The van der Waals surface area contributed by atoms with Gasteiger partial charge >= 0.3 is 5.97 Å². The summed E-state index contributed by atoms with van der Waals surface area (Å²) in [7, 11) is 0. The summed E-state index contributed by atoms with van der Waals surface area (Å²) < 4.78 is 0. The average molecular weight is 463 g/mol. The van der Waals surface area contributed by atoms with Gasteiger partial charge in [0.2, 0.25) is 5.91 Å². The average Bonchev–Trinajstić information content (AvgIpc) is 3.09. The number of carboxylic acid groups (broad SMARTS) is 1. The van der Waals surface area contributed by atoms with Gasteiger partial charge in [0.05, 0.1) is 35.5 Å². The maximum absolute atomic E-state index is 13.7. The Morgan fingerprint density at radius 3 is 2.21 bits per heavy atom. The summed E-state index contributed by atoms with van der Waals surface area (Å²) in [5.74, 6) is -3.56. The maximum atomic E-state index is 13.7. The molecule has 3 amide bonds. The summed E-state index contributed by atoms with van der Waals surface area (Å²) >= 11 is 0. The van der Waals surface area contributed by atoms with Crippen molar-refractivity contribution in [3.63, 3.8) is 0 Å². The second-order valence-corrected chi connectivity index (χ2v) is 9.25. The summed E-state index contributed by atoms with van der Waals surface area (Å²) in [6, 6.07) is 11.0. The highest BCUT2D eigenvalue weighted by Crippen LogP contribution is 2.41. The number of carbonyl (C=O) groups excluding carboxylic acids is 3. The molecular formula is C26H26N2O6. The number of imide groups is 1. The molecule has 2 heterocycles. The molecule has 176 valence electrons. The molecule has 0 bridgehead atoms. The van der Waals surface area contributed by atoms with Crippen molar-refractivity contribution < 1.29 is 29.4 Å². The van der Waals surface area contributed by atoms with Crippen LogP contribution in [-0.2, 0) is 16.0 Å². The molecule has 3 atom stereocenters. The van der Waals surface area contributed by atoms with Crippen molar-refractivity contribution in [2.45, 2.75) is 38.1 Å². The Morgan fingerprint density at radius 1 is 0.912 bits per heavy atom. The lowest BCUT2D eigenvalue weighted by Gasteiger charge is -2.42. The molecule has 5 rings (SSSR count). The van der Waals surface area contributed by atoms with Crippen molar-refractivity contribution >= 4 is 23.7 Å². The van der Waals surface area contributed by atoms with Crippen LogP contribution in [-0.4, -0.2) is 56.8 Å². The number of rotatable bonds is 4. The maximum Gasteiger partial charge on any atom is 0.307 e. The molecule has 8 heteroatoms. The lowest BCUT2D eigenvalue weighted by molar-refractivity contribution is -0.153. The first-order valence-electron chi connectivity index (χ1n) is 11.7. The first-order valence-corrected chi connectivity index (χ1v) is 11.7. The number of aromatic hydroxyl groups is 1. The van der Waals surface area contributed by atoms with Gasteiger partial charge in [-0.1, -0.05) is 37.1 Å². The van der Waals surface area contributed by atoms with E-state index in [1.54, 1.807) is 35.2 Å². The SMILES string of the molecule is O=C(O)[C@H]1CCCC[C@H]1C(=O)N1CCc2cccc(O)c2[C@H]1CN1C(=O)c2ccccc2C1=O. The largest absolute Gasteiger partial charge is 0.508 e. The Hall–Kier alpha value is -3.68. The first-order chi connectivity index (χ1) is 16.4. The Morgan fingerprint density at radius 2 is 1.56 bits per heavy atom. The number of amides is 3. The second-order valence-electron chi connectivity index (χ2n) is 9.25. The van der Waals surface area contributed by atoms with Crippen LogP contribution < -0.4 is 0 Å². The van der Waals surface area contributed by atoms with Gasteiger partial charge < -0.3 is 15.1 Å². The number of fused-ring (bicyclic) bond motifs is 2. The number of aliphatic carboxylic acids is 1. The molecule has 0 unspecified atom stereocenters. The number of carboxylic acids is 1. The number of benzene rings is 2. The fourth-order valence-corrected chi connectivity index (χ4v) is 5.72. The van der Waals surface area contributed by atoms with E-state index in [9.17, 15) is 29.4 Å². The summed E-state index contributed by atoms with van der Waals surface area (Å²) in [4.78, 5) is 54.4. The third-order valence-electron chi connectivity index (χ3n) is 7.42. The number of hydrogen-bond acceptors (Lipinski definition) is 5. The molecule has 3 aliphatic rings. The van der Waals surface area contributed by atoms with E-state index in [4.69, 9.17) is 0 Å². The molecular weight excluding hydrogens is 436 g/mol. The van der Waals surface area contributed by atoms with Crippen molar-refractivity contribution in [3.8, 4) is 5.75 Å². The molecule has 0 radical (unpaired) electrons. The summed E-state index contributed by atoms with van der Waals surface area (Å²) in [6.45, 7) is 0.221.